The van der Waals surface area contributed by atoms with E-state index < -0.39 is 46.5 Å². The lowest BCUT2D eigenvalue weighted by atomic mass is 10.0. The van der Waals surface area contributed by atoms with Crippen molar-refractivity contribution >= 4 is 17.4 Å². The maximum atomic E-state index is 13.3. The summed E-state index contributed by atoms with van der Waals surface area (Å²) < 4.78 is 94.4. The van der Waals surface area contributed by atoms with Crippen LogP contribution in [0.3, 0.4) is 0 Å². The van der Waals surface area contributed by atoms with Crippen molar-refractivity contribution in [2.24, 2.45) is 4.99 Å². The Morgan fingerprint density at radius 1 is 1.00 bits per heavy atom. The zero-order valence-electron chi connectivity index (χ0n) is 15.0. The van der Waals surface area contributed by atoms with Crippen LogP contribution in [0.4, 0.5) is 30.7 Å². The molecule has 31 heavy (non-hydrogen) atoms. The van der Waals surface area contributed by atoms with Gasteiger partial charge in [0.15, 0.2) is 0 Å². The Morgan fingerprint density at radius 3 is 2.16 bits per heavy atom. The zero-order chi connectivity index (χ0) is 23.0. The summed E-state index contributed by atoms with van der Waals surface area (Å²) in [6.45, 7) is -0.237. The fourth-order valence-electron chi connectivity index (χ4n) is 2.56. The normalized spacial score (nSPS) is 12.9. The molecule has 0 saturated heterocycles. The molecule has 0 spiro atoms. The number of hydrogen-bond donors (Lipinski definition) is 1. The predicted molar refractivity (Wildman–Crippen MR) is 94.8 cm³/mol. The number of halogens is 7. The van der Waals surface area contributed by atoms with Crippen molar-refractivity contribution in [1.82, 2.24) is 8.94 Å². The quantitative estimate of drug-likeness (QED) is 0.590. The summed E-state index contributed by atoms with van der Waals surface area (Å²) in [5.41, 5.74) is -4.73. The number of H-pyrrole nitrogens is 1. The molecule has 5 nitrogen and oxygen atoms in total. The Hall–Kier alpha value is -3.22. The second-order valence-corrected chi connectivity index (χ2v) is 6.99. The largest absolute Gasteiger partial charge is 0.416 e. The van der Waals surface area contributed by atoms with Crippen LogP contribution in [-0.2, 0) is 18.9 Å². The zero-order valence-corrected chi connectivity index (χ0v) is 15.8. The summed E-state index contributed by atoms with van der Waals surface area (Å²) in [4.78, 5) is 27.5. The van der Waals surface area contributed by atoms with Crippen LogP contribution in [0.15, 0.2) is 52.3 Å². The van der Waals surface area contributed by atoms with Crippen LogP contribution < -0.4 is 10.5 Å². The SMILES string of the molecule is O=C(/N=c1\s[nH]c(=O)n1Cc1cccc(F)c1)c1cc(C(F)(F)F)cc(C(F)(F)F)c1. The van der Waals surface area contributed by atoms with Gasteiger partial charge in [-0.25, -0.2) is 9.18 Å². The van der Waals surface area contributed by atoms with Gasteiger partial charge in [-0.3, -0.25) is 13.7 Å². The summed E-state index contributed by atoms with van der Waals surface area (Å²) in [6.07, 6.45) is -10.3. The lowest BCUT2D eigenvalue weighted by Gasteiger charge is -2.12. The fraction of sp³-hybridized carbons (Fsp3) is 0.167. The van der Waals surface area contributed by atoms with Crippen LogP contribution in [0.2, 0.25) is 0 Å². The molecule has 0 radical (unpaired) electrons. The first-order chi connectivity index (χ1) is 14.3. The molecule has 3 aromatic rings. The Balaban J connectivity index is 2.06. The van der Waals surface area contributed by atoms with E-state index in [9.17, 15) is 40.3 Å². The molecule has 164 valence electrons. The van der Waals surface area contributed by atoms with Gasteiger partial charge < -0.3 is 0 Å². The average Bonchev–Trinajstić information content (AvgIpc) is 2.99. The second-order valence-electron chi connectivity index (χ2n) is 6.22. The van der Waals surface area contributed by atoms with E-state index in [2.05, 4.69) is 9.37 Å². The first-order valence-electron chi connectivity index (χ1n) is 8.26. The van der Waals surface area contributed by atoms with Crippen LogP contribution >= 0.6 is 11.5 Å². The summed E-state index contributed by atoms with van der Waals surface area (Å²) in [7, 11) is 0. The number of alkyl halides is 6. The number of hydrogen-bond acceptors (Lipinski definition) is 3. The highest BCUT2D eigenvalue weighted by molar-refractivity contribution is 7.02. The molecule has 3 rings (SSSR count). The number of aromatic nitrogens is 2. The molecule has 0 aliphatic carbocycles. The lowest BCUT2D eigenvalue weighted by molar-refractivity contribution is -0.143. The van der Waals surface area contributed by atoms with E-state index in [0.29, 0.717) is 17.1 Å². The van der Waals surface area contributed by atoms with E-state index in [-0.39, 0.29) is 29.5 Å². The van der Waals surface area contributed by atoms with Crippen molar-refractivity contribution in [3.05, 3.63) is 85.8 Å². The number of benzene rings is 2. The van der Waals surface area contributed by atoms with Crippen molar-refractivity contribution < 1.29 is 35.5 Å². The Bertz CT molecular complexity index is 1220. The molecular formula is C18H10F7N3O2S. The summed E-state index contributed by atoms with van der Waals surface area (Å²) >= 11 is 0.542. The first kappa shape index (κ1) is 22.5. The molecule has 13 heteroatoms. The van der Waals surface area contributed by atoms with Crippen LogP contribution in [0, 0.1) is 5.82 Å². The van der Waals surface area contributed by atoms with Gasteiger partial charge in [0.1, 0.15) is 5.82 Å². The number of nitrogens with one attached hydrogen (secondary N) is 1. The van der Waals surface area contributed by atoms with Crippen molar-refractivity contribution in [1.29, 1.82) is 0 Å². The Kier molecular flexibility index (Phi) is 5.89. The monoisotopic (exact) mass is 465 g/mol. The highest BCUT2D eigenvalue weighted by atomic mass is 32.1. The summed E-state index contributed by atoms with van der Waals surface area (Å²) in [5.74, 6) is -2.01. The van der Waals surface area contributed by atoms with Gasteiger partial charge in [-0.05, 0) is 47.4 Å². The maximum Gasteiger partial charge on any atom is 0.416 e. The molecule has 1 aromatic heterocycles. The van der Waals surface area contributed by atoms with E-state index in [0.717, 1.165) is 16.7 Å². The van der Waals surface area contributed by atoms with Gasteiger partial charge in [-0.2, -0.15) is 31.3 Å². The number of carbonyl (C=O) groups excluding carboxylic acids is 1. The van der Waals surface area contributed by atoms with Crippen LogP contribution in [-0.4, -0.2) is 14.8 Å². The molecule has 0 atom stereocenters. The van der Waals surface area contributed by atoms with Gasteiger partial charge in [0.05, 0.1) is 17.7 Å². The van der Waals surface area contributed by atoms with Crippen LogP contribution in [0.1, 0.15) is 27.0 Å². The fourth-order valence-corrected chi connectivity index (χ4v) is 3.23. The number of rotatable bonds is 3. The highest BCUT2D eigenvalue weighted by Gasteiger charge is 2.37. The van der Waals surface area contributed by atoms with Gasteiger partial charge in [0.2, 0.25) is 4.80 Å². The lowest BCUT2D eigenvalue weighted by Crippen LogP contribution is -2.28. The van der Waals surface area contributed by atoms with Crippen molar-refractivity contribution in [3.8, 4) is 0 Å². The Labute approximate surface area is 172 Å². The third-order valence-corrected chi connectivity index (χ3v) is 4.74. The third kappa shape index (κ3) is 5.29. The predicted octanol–water partition coefficient (Wildman–Crippen LogP) is 4.20. The molecule has 2 aromatic carbocycles. The van der Waals surface area contributed by atoms with Crippen molar-refractivity contribution in [2.75, 3.05) is 0 Å². The molecule has 0 fully saturated rings. The van der Waals surface area contributed by atoms with Gasteiger partial charge in [-0.1, -0.05) is 12.1 Å². The second kappa shape index (κ2) is 8.13. The van der Waals surface area contributed by atoms with Crippen LogP contribution in [0.25, 0.3) is 0 Å². The molecule has 1 amide bonds. The van der Waals surface area contributed by atoms with E-state index in [1.54, 1.807) is 0 Å². The average molecular weight is 465 g/mol. The molecule has 1 N–H and O–H groups in total. The molecule has 0 aliphatic heterocycles. The molecule has 0 saturated carbocycles. The number of carbonyl (C=O) groups is 1. The van der Waals surface area contributed by atoms with Gasteiger partial charge in [-0.15, -0.1) is 0 Å². The van der Waals surface area contributed by atoms with Crippen molar-refractivity contribution in [3.63, 3.8) is 0 Å². The number of amides is 1. The molecule has 0 unspecified atom stereocenters. The number of aromatic amines is 1. The topological polar surface area (TPSA) is 67.2 Å². The van der Waals surface area contributed by atoms with Gasteiger partial charge in [0, 0.05) is 5.56 Å². The standard InChI is InChI=1S/C18H10F7N3O2S/c19-13-3-1-2-9(4-13)8-28-15(30)27-31-16(28)26-14(29)10-5-11(17(20,21)22)7-12(6-10)18(23,24)25/h1-7H,8H2,(H,27,30)/b26-16-. The minimum absolute atomic E-state index is 0.115. The third-order valence-electron chi connectivity index (χ3n) is 3.97. The van der Waals surface area contributed by atoms with E-state index in [4.69, 9.17) is 0 Å². The smallest absolute Gasteiger partial charge is 0.267 e. The van der Waals surface area contributed by atoms with Gasteiger partial charge >= 0.3 is 18.0 Å². The molecule has 0 aliphatic rings. The molecule has 0 bridgehead atoms. The first-order valence-corrected chi connectivity index (χ1v) is 9.07. The molecular weight excluding hydrogens is 455 g/mol. The minimum atomic E-state index is -5.13. The molecule has 1 heterocycles. The van der Waals surface area contributed by atoms with Crippen LogP contribution in [0.5, 0.6) is 0 Å². The Morgan fingerprint density at radius 2 is 1.61 bits per heavy atom. The summed E-state index contributed by atoms with van der Waals surface area (Å²) in [6, 6.07) is 5.48. The highest BCUT2D eigenvalue weighted by Crippen LogP contribution is 2.36. The van der Waals surface area contributed by atoms with E-state index >= 15 is 0 Å². The number of nitrogens with zero attached hydrogens (tertiary/aromatic N) is 2. The van der Waals surface area contributed by atoms with E-state index in [1.165, 1.54) is 12.1 Å². The van der Waals surface area contributed by atoms with E-state index in [1.807, 2.05) is 0 Å². The van der Waals surface area contributed by atoms with Gasteiger partial charge in [0.25, 0.3) is 5.91 Å². The minimum Gasteiger partial charge on any atom is -0.267 e. The maximum absolute atomic E-state index is 13.3. The van der Waals surface area contributed by atoms with Crippen molar-refractivity contribution in [2.45, 2.75) is 18.9 Å². The summed E-state index contributed by atoms with van der Waals surface area (Å²) in [5, 5.41) is 0.